The molecule has 0 aliphatic rings. The fourth-order valence-corrected chi connectivity index (χ4v) is 1.78. The van der Waals surface area contributed by atoms with Crippen LogP contribution in [0.2, 0.25) is 5.02 Å². The van der Waals surface area contributed by atoms with Crippen molar-refractivity contribution in [1.29, 1.82) is 0 Å². The van der Waals surface area contributed by atoms with E-state index in [1.165, 1.54) is 0 Å². The molecule has 0 saturated heterocycles. The third-order valence-electron chi connectivity index (χ3n) is 2.64. The van der Waals surface area contributed by atoms with Crippen LogP contribution in [0.1, 0.15) is 17.5 Å². The topological polar surface area (TPSA) is 62.5 Å². The molecular formula is C13H14ClNO3. The van der Waals surface area contributed by atoms with Crippen LogP contribution in [0.15, 0.2) is 28.7 Å². The largest absolute Gasteiger partial charge is 0.449 e. The lowest BCUT2D eigenvalue weighted by Crippen LogP contribution is -2.29. The molecule has 0 radical (unpaired) electrons. The number of furan rings is 1. The highest BCUT2D eigenvalue weighted by atomic mass is 35.5. The minimum absolute atomic E-state index is 0.0157. The molecule has 1 amide bonds. The highest BCUT2D eigenvalue weighted by molar-refractivity contribution is 6.34. The van der Waals surface area contributed by atoms with Crippen LogP contribution in [0.3, 0.4) is 0 Å². The Morgan fingerprint density at radius 1 is 1.56 bits per heavy atom. The fourth-order valence-electron chi connectivity index (χ4n) is 1.56. The standard InChI is InChI=1S/C13H14ClNO3/c1-8(7-16)6-15-13(17)11-5-9-3-2-4-10(14)12(9)18-11/h2-5,8,16H,6-7H2,1H3,(H,15,17). The SMILES string of the molecule is CC(CO)CNC(=O)c1cc2cccc(Cl)c2o1. The number of carbonyl (C=O) groups excluding carboxylic acids is 1. The van der Waals surface area contributed by atoms with Gasteiger partial charge in [0.2, 0.25) is 0 Å². The zero-order chi connectivity index (χ0) is 13.1. The summed E-state index contributed by atoms with van der Waals surface area (Å²) in [6, 6.07) is 7.00. The van der Waals surface area contributed by atoms with Gasteiger partial charge in [0.05, 0.1) is 5.02 Å². The number of benzene rings is 1. The van der Waals surface area contributed by atoms with Crippen molar-refractivity contribution >= 4 is 28.5 Å². The molecule has 0 aliphatic heterocycles. The fraction of sp³-hybridized carbons (Fsp3) is 0.308. The van der Waals surface area contributed by atoms with Gasteiger partial charge in [-0.25, -0.2) is 0 Å². The molecule has 1 unspecified atom stereocenters. The van der Waals surface area contributed by atoms with E-state index in [0.29, 0.717) is 17.2 Å². The first-order valence-corrected chi connectivity index (χ1v) is 6.06. The smallest absolute Gasteiger partial charge is 0.287 e. The average molecular weight is 268 g/mol. The summed E-state index contributed by atoms with van der Waals surface area (Å²) in [6.45, 7) is 2.28. The first-order chi connectivity index (χ1) is 8.61. The number of carbonyl (C=O) groups is 1. The van der Waals surface area contributed by atoms with Crippen LogP contribution >= 0.6 is 11.6 Å². The predicted octanol–water partition coefficient (Wildman–Crippen LogP) is 2.44. The Morgan fingerprint density at radius 2 is 2.33 bits per heavy atom. The first-order valence-electron chi connectivity index (χ1n) is 5.69. The Labute approximate surface area is 110 Å². The molecule has 2 rings (SSSR count). The molecule has 1 heterocycles. The maximum Gasteiger partial charge on any atom is 0.287 e. The third-order valence-corrected chi connectivity index (χ3v) is 2.94. The van der Waals surface area contributed by atoms with Crippen molar-refractivity contribution in [2.75, 3.05) is 13.2 Å². The highest BCUT2D eigenvalue weighted by Gasteiger charge is 2.14. The van der Waals surface area contributed by atoms with Crippen molar-refractivity contribution in [3.05, 3.63) is 35.0 Å². The Hall–Kier alpha value is -1.52. The minimum Gasteiger partial charge on any atom is -0.449 e. The molecule has 0 saturated carbocycles. The number of nitrogens with one attached hydrogen (secondary N) is 1. The average Bonchev–Trinajstić information content (AvgIpc) is 2.81. The lowest BCUT2D eigenvalue weighted by Gasteiger charge is -2.07. The normalized spacial score (nSPS) is 12.6. The predicted molar refractivity (Wildman–Crippen MR) is 69.8 cm³/mol. The van der Waals surface area contributed by atoms with Gasteiger partial charge in [0, 0.05) is 18.5 Å². The molecule has 0 aliphatic carbocycles. The maximum atomic E-state index is 11.8. The van der Waals surface area contributed by atoms with Gasteiger partial charge in [0.25, 0.3) is 5.91 Å². The number of aliphatic hydroxyl groups excluding tert-OH is 1. The number of aliphatic hydroxyl groups is 1. The molecule has 96 valence electrons. The van der Waals surface area contributed by atoms with Gasteiger partial charge in [-0.3, -0.25) is 4.79 Å². The number of amides is 1. The van der Waals surface area contributed by atoms with Gasteiger partial charge in [-0.15, -0.1) is 0 Å². The molecule has 2 N–H and O–H groups in total. The summed E-state index contributed by atoms with van der Waals surface area (Å²) in [5.74, 6) is -0.0623. The lowest BCUT2D eigenvalue weighted by atomic mass is 10.2. The summed E-state index contributed by atoms with van der Waals surface area (Å²) >= 11 is 5.97. The molecule has 1 aromatic carbocycles. The van der Waals surface area contributed by atoms with Gasteiger partial charge < -0.3 is 14.8 Å². The molecule has 1 aromatic heterocycles. The number of fused-ring (bicyclic) bond motifs is 1. The van der Waals surface area contributed by atoms with Crippen LogP contribution in [0.25, 0.3) is 11.0 Å². The van der Waals surface area contributed by atoms with Crippen LogP contribution < -0.4 is 5.32 Å². The van der Waals surface area contributed by atoms with Crippen LogP contribution in [-0.2, 0) is 0 Å². The molecule has 18 heavy (non-hydrogen) atoms. The Bertz CT molecular complexity index is 564. The van der Waals surface area contributed by atoms with E-state index >= 15 is 0 Å². The number of halogens is 1. The van der Waals surface area contributed by atoms with E-state index in [2.05, 4.69) is 5.32 Å². The summed E-state index contributed by atoms with van der Waals surface area (Å²) in [5.41, 5.74) is 0.513. The first kappa shape index (κ1) is 12.9. The van der Waals surface area contributed by atoms with Gasteiger partial charge in [-0.05, 0) is 18.1 Å². The van der Waals surface area contributed by atoms with E-state index in [-0.39, 0.29) is 24.2 Å². The number of para-hydroxylation sites is 1. The van der Waals surface area contributed by atoms with Crippen molar-refractivity contribution in [2.24, 2.45) is 5.92 Å². The second kappa shape index (κ2) is 5.42. The van der Waals surface area contributed by atoms with E-state index < -0.39 is 0 Å². The van der Waals surface area contributed by atoms with Crippen LogP contribution in [0.4, 0.5) is 0 Å². The molecule has 0 fully saturated rings. The molecule has 1 atom stereocenters. The monoisotopic (exact) mass is 267 g/mol. The molecule has 0 spiro atoms. The van der Waals surface area contributed by atoms with Gasteiger partial charge >= 0.3 is 0 Å². The van der Waals surface area contributed by atoms with Crippen molar-refractivity contribution < 1.29 is 14.3 Å². The van der Waals surface area contributed by atoms with E-state index in [4.69, 9.17) is 21.1 Å². The third kappa shape index (κ3) is 2.66. The maximum absolute atomic E-state index is 11.8. The van der Waals surface area contributed by atoms with Crippen LogP contribution in [0.5, 0.6) is 0 Å². The molecule has 0 bridgehead atoms. The van der Waals surface area contributed by atoms with Gasteiger partial charge in [-0.1, -0.05) is 30.7 Å². The number of hydrogen-bond acceptors (Lipinski definition) is 3. The summed E-state index contributed by atoms with van der Waals surface area (Å²) in [7, 11) is 0. The van der Waals surface area contributed by atoms with E-state index in [9.17, 15) is 4.79 Å². The van der Waals surface area contributed by atoms with Crippen molar-refractivity contribution in [3.8, 4) is 0 Å². The lowest BCUT2D eigenvalue weighted by molar-refractivity contribution is 0.0916. The van der Waals surface area contributed by atoms with E-state index in [1.807, 2.05) is 13.0 Å². The second-order valence-corrected chi connectivity index (χ2v) is 4.67. The van der Waals surface area contributed by atoms with Gasteiger partial charge in [-0.2, -0.15) is 0 Å². The number of hydrogen-bond donors (Lipinski definition) is 2. The highest BCUT2D eigenvalue weighted by Crippen LogP contribution is 2.26. The Kier molecular flexibility index (Phi) is 3.89. The second-order valence-electron chi connectivity index (χ2n) is 4.27. The molecule has 2 aromatic rings. The van der Waals surface area contributed by atoms with E-state index in [0.717, 1.165) is 5.39 Å². The van der Waals surface area contributed by atoms with E-state index in [1.54, 1.807) is 18.2 Å². The zero-order valence-corrected chi connectivity index (χ0v) is 10.7. The summed E-state index contributed by atoms with van der Waals surface area (Å²) in [5, 5.41) is 12.8. The summed E-state index contributed by atoms with van der Waals surface area (Å²) in [4.78, 5) is 11.8. The summed E-state index contributed by atoms with van der Waals surface area (Å²) < 4.78 is 5.42. The summed E-state index contributed by atoms with van der Waals surface area (Å²) in [6.07, 6.45) is 0. The van der Waals surface area contributed by atoms with Crippen LogP contribution in [-0.4, -0.2) is 24.2 Å². The van der Waals surface area contributed by atoms with Crippen molar-refractivity contribution in [3.63, 3.8) is 0 Å². The minimum atomic E-state index is -0.303. The number of rotatable bonds is 4. The molecule has 4 nitrogen and oxygen atoms in total. The zero-order valence-electron chi connectivity index (χ0n) is 9.94. The van der Waals surface area contributed by atoms with Crippen molar-refractivity contribution in [1.82, 2.24) is 5.32 Å². The quantitative estimate of drug-likeness (QED) is 0.894. The van der Waals surface area contributed by atoms with Crippen molar-refractivity contribution in [2.45, 2.75) is 6.92 Å². The van der Waals surface area contributed by atoms with Gasteiger partial charge in [0.15, 0.2) is 11.3 Å². The van der Waals surface area contributed by atoms with Gasteiger partial charge in [0.1, 0.15) is 0 Å². The Balaban J connectivity index is 2.16. The molecular weight excluding hydrogens is 254 g/mol. The van der Waals surface area contributed by atoms with Crippen LogP contribution in [0, 0.1) is 5.92 Å². The Morgan fingerprint density at radius 3 is 3.00 bits per heavy atom. The molecule has 5 heteroatoms.